The Labute approximate surface area is 87.2 Å². The number of nitrogens with one attached hydrogen (secondary N) is 1. The second-order valence-corrected chi connectivity index (χ2v) is 3.03. The molecule has 0 saturated carbocycles. The minimum Gasteiger partial charge on any atom is -0.462 e. The fourth-order valence-corrected chi connectivity index (χ4v) is 1.32. The van der Waals surface area contributed by atoms with Crippen LogP contribution in [-0.2, 0) is 4.74 Å². The third-order valence-electron chi connectivity index (χ3n) is 2.00. The molecule has 5 heteroatoms. The Morgan fingerprint density at radius 1 is 1.67 bits per heavy atom. The van der Waals surface area contributed by atoms with Crippen LogP contribution in [0.25, 0.3) is 0 Å². The fraction of sp³-hybridized carbons (Fsp3) is 0.300. The molecule has 1 aromatic rings. The van der Waals surface area contributed by atoms with Crippen molar-refractivity contribution in [1.82, 2.24) is 4.98 Å². The SMILES string of the molecule is CCOC(=O)c1cnc2c(c1)C=NCN2. The summed E-state index contributed by atoms with van der Waals surface area (Å²) < 4.78 is 4.88. The number of carbonyl (C=O) groups is 1. The summed E-state index contributed by atoms with van der Waals surface area (Å²) >= 11 is 0. The van der Waals surface area contributed by atoms with Gasteiger partial charge in [0.15, 0.2) is 0 Å². The largest absolute Gasteiger partial charge is 0.462 e. The lowest BCUT2D eigenvalue weighted by molar-refractivity contribution is 0.0526. The summed E-state index contributed by atoms with van der Waals surface area (Å²) in [6.07, 6.45) is 3.20. The van der Waals surface area contributed by atoms with Crippen LogP contribution < -0.4 is 5.32 Å². The van der Waals surface area contributed by atoms with E-state index in [4.69, 9.17) is 4.74 Å². The zero-order chi connectivity index (χ0) is 10.7. The second kappa shape index (κ2) is 4.08. The number of carbonyl (C=O) groups excluding carboxylic acids is 1. The summed E-state index contributed by atoms with van der Waals surface area (Å²) in [6.45, 7) is 2.66. The van der Waals surface area contributed by atoms with Gasteiger partial charge in [-0.3, -0.25) is 4.99 Å². The van der Waals surface area contributed by atoms with Gasteiger partial charge in [-0.25, -0.2) is 9.78 Å². The quantitative estimate of drug-likeness (QED) is 0.733. The van der Waals surface area contributed by atoms with Crippen LogP contribution in [0, 0.1) is 0 Å². The number of fused-ring (bicyclic) bond motifs is 1. The van der Waals surface area contributed by atoms with E-state index in [1.807, 2.05) is 0 Å². The van der Waals surface area contributed by atoms with Crippen molar-refractivity contribution in [3.63, 3.8) is 0 Å². The van der Waals surface area contributed by atoms with Crippen LogP contribution in [0.1, 0.15) is 22.8 Å². The average Bonchev–Trinajstić information content (AvgIpc) is 2.29. The number of rotatable bonds is 2. The van der Waals surface area contributed by atoms with Crippen LogP contribution in [0.3, 0.4) is 0 Å². The molecule has 0 saturated heterocycles. The molecule has 1 N–H and O–H groups in total. The summed E-state index contributed by atoms with van der Waals surface area (Å²) in [6, 6.07) is 1.72. The number of aliphatic imine (C=N–C) groups is 1. The zero-order valence-electron chi connectivity index (χ0n) is 8.36. The topological polar surface area (TPSA) is 63.6 Å². The van der Waals surface area contributed by atoms with Gasteiger partial charge in [0.25, 0.3) is 0 Å². The van der Waals surface area contributed by atoms with Gasteiger partial charge in [-0.1, -0.05) is 0 Å². The molecule has 1 aromatic heterocycles. The third kappa shape index (κ3) is 1.96. The van der Waals surface area contributed by atoms with Crippen molar-refractivity contribution >= 4 is 18.0 Å². The van der Waals surface area contributed by atoms with Gasteiger partial charge in [-0.15, -0.1) is 0 Å². The van der Waals surface area contributed by atoms with Gasteiger partial charge in [0.1, 0.15) is 12.5 Å². The summed E-state index contributed by atoms with van der Waals surface area (Å²) in [4.78, 5) is 19.6. The van der Waals surface area contributed by atoms with Gasteiger partial charge in [0, 0.05) is 18.0 Å². The smallest absolute Gasteiger partial charge is 0.339 e. The van der Waals surface area contributed by atoms with Crippen molar-refractivity contribution in [2.24, 2.45) is 4.99 Å². The monoisotopic (exact) mass is 205 g/mol. The number of hydrogen-bond donors (Lipinski definition) is 1. The Morgan fingerprint density at radius 2 is 2.53 bits per heavy atom. The van der Waals surface area contributed by atoms with Crippen LogP contribution in [0.4, 0.5) is 5.82 Å². The minimum absolute atomic E-state index is 0.355. The van der Waals surface area contributed by atoms with Crippen molar-refractivity contribution in [3.05, 3.63) is 23.4 Å². The normalized spacial score (nSPS) is 12.9. The number of pyridine rings is 1. The number of ether oxygens (including phenoxy) is 1. The van der Waals surface area contributed by atoms with Crippen molar-refractivity contribution in [1.29, 1.82) is 0 Å². The Hall–Kier alpha value is -1.91. The molecule has 0 aliphatic carbocycles. The fourth-order valence-electron chi connectivity index (χ4n) is 1.32. The minimum atomic E-state index is -0.355. The van der Waals surface area contributed by atoms with Crippen LogP contribution in [0.15, 0.2) is 17.3 Å². The number of esters is 1. The van der Waals surface area contributed by atoms with Crippen molar-refractivity contribution < 1.29 is 9.53 Å². The van der Waals surface area contributed by atoms with Crippen molar-refractivity contribution in [2.75, 3.05) is 18.6 Å². The first-order valence-corrected chi connectivity index (χ1v) is 4.72. The van der Waals surface area contributed by atoms with E-state index in [9.17, 15) is 4.79 Å². The molecule has 0 atom stereocenters. The number of anilines is 1. The lowest BCUT2D eigenvalue weighted by Gasteiger charge is -2.11. The Bertz CT molecular complexity index is 415. The first-order chi connectivity index (χ1) is 7.31. The van der Waals surface area contributed by atoms with Gasteiger partial charge in [-0.05, 0) is 13.0 Å². The van der Waals surface area contributed by atoms with E-state index in [1.54, 1.807) is 19.2 Å². The summed E-state index contributed by atoms with van der Waals surface area (Å²) in [5, 5.41) is 3.00. The van der Waals surface area contributed by atoms with E-state index >= 15 is 0 Å². The predicted molar refractivity (Wildman–Crippen MR) is 56.3 cm³/mol. The number of hydrogen-bond acceptors (Lipinski definition) is 5. The van der Waals surface area contributed by atoms with Gasteiger partial charge in [-0.2, -0.15) is 0 Å². The van der Waals surface area contributed by atoms with Gasteiger partial charge >= 0.3 is 5.97 Å². The molecule has 0 radical (unpaired) electrons. The molecule has 0 unspecified atom stereocenters. The highest BCUT2D eigenvalue weighted by atomic mass is 16.5. The first-order valence-electron chi connectivity index (χ1n) is 4.72. The maximum atomic E-state index is 11.4. The van der Waals surface area contributed by atoms with E-state index in [0.717, 1.165) is 11.4 Å². The van der Waals surface area contributed by atoms with E-state index in [-0.39, 0.29) is 5.97 Å². The molecule has 15 heavy (non-hydrogen) atoms. The lowest BCUT2D eigenvalue weighted by Crippen LogP contribution is -2.12. The molecule has 1 aliphatic rings. The molecule has 0 amide bonds. The molecular formula is C10H11N3O2. The van der Waals surface area contributed by atoms with Gasteiger partial charge < -0.3 is 10.1 Å². The standard InChI is InChI=1S/C10H11N3O2/c1-2-15-10(14)8-3-7-4-11-6-13-9(7)12-5-8/h3-5H,2,6H2,1H3,(H,12,13). The van der Waals surface area contributed by atoms with Crippen LogP contribution in [-0.4, -0.2) is 30.4 Å². The van der Waals surface area contributed by atoms with Crippen LogP contribution in [0.5, 0.6) is 0 Å². The number of aromatic nitrogens is 1. The number of nitrogens with zero attached hydrogens (tertiary/aromatic N) is 2. The molecule has 0 bridgehead atoms. The maximum absolute atomic E-state index is 11.4. The van der Waals surface area contributed by atoms with E-state index in [1.165, 1.54) is 6.20 Å². The Kier molecular flexibility index (Phi) is 2.62. The van der Waals surface area contributed by atoms with Gasteiger partial charge in [0.05, 0.1) is 12.2 Å². The summed E-state index contributed by atoms with van der Waals surface area (Å²) in [5.74, 6) is 0.393. The molecule has 0 aromatic carbocycles. The second-order valence-electron chi connectivity index (χ2n) is 3.03. The molecule has 2 heterocycles. The van der Waals surface area contributed by atoms with Gasteiger partial charge in [0.2, 0.25) is 0 Å². The predicted octanol–water partition coefficient (Wildman–Crippen LogP) is 1.06. The molecule has 1 aliphatic heterocycles. The van der Waals surface area contributed by atoms with Crippen LogP contribution >= 0.6 is 0 Å². The lowest BCUT2D eigenvalue weighted by atomic mass is 10.2. The average molecular weight is 205 g/mol. The summed E-state index contributed by atoms with van der Waals surface area (Å²) in [5.41, 5.74) is 1.26. The summed E-state index contributed by atoms with van der Waals surface area (Å²) in [7, 11) is 0. The molecule has 0 spiro atoms. The highest BCUT2D eigenvalue weighted by molar-refractivity contribution is 5.94. The van der Waals surface area contributed by atoms with Crippen molar-refractivity contribution in [3.8, 4) is 0 Å². The molecule has 5 nitrogen and oxygen atoms in total. The Morgan fingerprint density at radius 3 is 3.33 bits per heavy atom. The van der Waals surface area contributed by atoms with Crippen LogP contribution in [0.2, 0.25) is 0 Å². The molecule has 2 rings (SSSR count). The highest BCUT2D eigenvalue weighted by Crippen LogP contribution is 2.15. The third-order valence-corrected chi connectivity index (χ3v) is 2.00. The molecule has 0 fully saturated rings. The maximum Gasteiger partial charge on any atom is 0.339 e. The zero-order valence-corrected chi connectivity index (χ0v) is 8.36. The first kappa shape index (κ1) is 9.64. The van der Waals surface area contributed by atoms with E-state index < -0.39 is 0 Å². The highest BCUT2D eigenvalue weighted by Gasteiger charge is 2.11. The Balaban J connectivity index is 2.29. The molecular weight excluding hydrogens is 194 g/mol. The van der Waals surface area contributed by atoms with Crippen molar-refractivity contribution in [2.45, 2.75) is 6.92 Å². The van der Waals surface area contributed by atoms with E-state index in [2.05, 4.69) is 15.3 Å². The van der Waals surface area contributed by atoms with E-state index in [0.29, 0.717) is 18.8 Å². The molecule has 78 valence electrons.